The molecule has 25 heavy (non-hydrogen) atoms. The second kappa shape index (κ2) is 8.62. The van der Waals surface area contributed by atoms with Gasteiger partial charge in [-0.2, -0.15) is 0 Å². The van der Waals surface area contributed by atoms with Crippen molar-refractivity contribution in [3.8, 4) is 0 Å². The fourth-order valence-corrected chi connectivity index (χ4v) is 2.68. The summed E-state index contributed by atoms with van der Waals surface area (Å²) in [4.78, 5) is 14.0. The summed E-state index contributed by atoms with van der Waals surface area (Å²) in [6.07, 6.45) is 4.65. The zero-order valence-corrected chi connectivity index (χ0v) is 14.9. The van der Waals surface area contributed by atoms with Crippen LogP contribution in [0.3, 0.4) is 0 Å². The molecule has 1 aromatic rings. The molecule has 2 amide bonds. The van der Waals surface area contributed by atoms with Crippen molar-refractivity contribution in [2.45, 2.75) is 26.4 Å². The van der Waals surface area contributed by atoms with E-state index in [1.807, 2.05) is 13.1 Å². The van der Waals surface area contributed by atoms with Crippen molar-refractivity contribution in [3.63, 3.8) is 0 Å². The Labute approximate surface area is 149 Å². The SMILES string of the molecule is C=C(/C=C\C(=C)C(C)CCNC)NC(=O)N1Cc2ccc(F)cc2C1. The van der Waals surface area contributed by atoms with E-state index in [4.69, 9.17) is 0 Å². The highest BCUT2D eigenvalue weighted by Crippen LogP contribution is 2.23. The van der Waals surface area contributed by atoms with E-state index in [9.17, 15) is 9.18 Å². The number of carbonyl (C=O) groups is 1. The van der Waals surface area contributed by atoms with Gasteiger partial charge in [0, 0.05) is 18.8 Å². The Kier molecular flexibility index (Phi) is 6.53. The van der Waals surface area contributed by atoms with Crippen molar-refractivity contribution in [2.24, 2.45) is 5.92 Å². The van der Waals surface area contributed by atoms with Crippen LogP contribution in [0.15, 0.2) is 54.8 Å². The molecule has 5 heteroatoms. The van der Waals surface area contributed by atoms with Crippen molar-refractivity contribution in [2.75, 3.05) is 13.6 Å². The smallest absolute Gasteiger partial charge is 0.320 e. The van der Waals surface area contributed by atoms with E-state index < -0.39 is 0 Å². The molecule has 0 aromatic heterocycles. The molecule has 1 heterocycles. The summed E-state index contributed by atoms with van der Waals surface area (Å²) < 4.78 is 13.3. The van der Waals surface area contributed by atoms with Crippen LogP contribution < -0.4 is 10.6 Å². The Bertz CT molecular complexity index is 696. The fourth-order valence-electron chi connectivity index (χ4n) is 2.68. The van der Waals surface area contributed by atoms with Crippen molar-refractivity contribution in [3.05, 3.63) is 71.7 Å². The molecule has 134 valence electrons. The number of nitrogens with zero attached hydrogens (tertiary/aromatic N) is 1. The van der Waals surface area contributed by atoms with Crippen molar-refractivity contribution < 1.29 is 9.18 Å². The second-order valence-corrected chi connectivity index (χ2v) is 6.43. The number of amides is 2. The number of hydrogen-bond donors (Lipinski definition) is 2. The summed E-state index contributed by atoms with van der Waals surface area (Å²) >= 11 is 0. The number of halogens is 1. The average molecular weight is 343 g/mol. The topological polar surface area (TPSA) is 44.4 Å². The third-order valence-electron chi connectivity index (χ3n) is 4.40. The molecular weight excluding hydrogens is 317 g/mol. The normalized spacial score (nSPS) is 14.4. The van der Waals surface area contributed by atoms with Crippen LogP contribution in [0.4, 0.5) is 9.18 Å². The number of urea groups is 1. The number of benzene rings is 1. The average Bonchev–Trinajstić information content (AvgIpc) is 3.00. The first-order valence-electron chi connectivity index (χ1n) is 8.44. The highest BCUT2D eigenvalue weighted by Gasteiger charge is 2.23. The summed E-state index contributed by atoms with van der Waals surface area (Å²) in [6, 6.07) is 4.39. The molecule has 1 unspecified atom stereocenters. The van der Waals surface area contributed by atoms with Gasteiger partial charge in [0.1, 0.15) is 5.82 Å². The van der Waals surface area contributed by atoms with Crippen molar-refractivity contribution in [1.82, 2.24) is 15.5 Å². The number of allylic oxidation sites excluding steroid dienone is 3. The van der Waals surface area contributed by atoms with Gasteiger partial charge in [0.15, 0.2) is 0 Å². The Morgan fingerprint density at radius 3 is 2.76 bits per heavy atom. The third-order valence-corrected chi connectivity index (χ3v) is 4.40. The summed E-state index contributed by atoms with van der Waals surface area (Å²) in [7, 11) is 1.92. The number of hydrogen-bond acceptors (Lipinski definition) is 2. The molecule has 1 atom stereocenters. The number of rotatable bonds is 7. The predicted octanol–water partition coefficient (Wildman–Crippen LogP) is 3.72. The lowest BCUT2D eigenvalue weighted by molar-refractivity contribution is 0.201. The lowest BCUT2D eigenvalue weighted by atomic mass is 9.98. The van der Waals surface area contributed by atoms with Gasteiger partial charge in [-0.25, -0.2) is 9.18 Å². The van der Waals surface area contributed by atoms with Crippen molar-refractivity contribution in [1.29, 1.82) is 0 Å². The largest absolute Gasteiger partial charge is 0.322 e. The lowest BCUT2D eigenvalue weighted by Crippen LogP contribution is -2.35. The van der Waals surface area contributed by atoms with Gasteiger partial charge in [0.25, 0.3) is 0 Å². The van der Waals surface area contributed by atoms with Gasteiger partial charge < -0.3 is 15.5 Å². The molecule has 0 saturated carbocycles. The molecule has 1 aliphatic rings. The first-order chi connectivity index (χ1) is 11.9. The van der Waals surface area contributed by atoms with E-state index >= 15 is 0 Å². The third kappa shape index (κ3) is 5.29. The first kappa shape index (κ1) is 18.9. The summed E-state index contributed by atoms with van der Waals surface area (Å²) in [5.41, 5.74) is 3.33. The molecule has 0 aliphatic carbocycles. The Morgan fingerprint density at radius 2 is 2.04 bits per heavy atom. The van der Waals surface area contributed by atoms with Gasteiger partial charge >= 0.3 is 6.03 Å². The van der Waals surface area contributed by atoms with Gasteiger partial charge in [0.05, 0.1) is 0 Å². The summed E-state index contributed by atoms with van der Waals surface area (Å²) in [5, 5.41) is 5.89. The number of nitrogens with one attached hydrogen (secondary N) is 2. The molecule has 1 aromatic carbocycles. The van der Waals surface area contributed by atoms with Crippen LogP contribution in [0.1, 0.15) is 24.5 Å². The number of fused-ring (bicyclic) bond motifs is 1. The summed E-state index contributed by atoms with van der Waals surface area (Å²) in [6.45, 7) is 11.9. The van der Waals surface area contributed by atoms with E-state index in [2.05, 4.69) is 30.7 Å². The van der Waals surface area contributed by atoms with Crippen LogP contribution in [-0.4, -0.2) is 24.5 Å². The first-order valence-corrected chi connectivity index (χ1v) is 8.44. The van der Waals surface area contributed by atoms with Gasteiger partial charge in [-0.1, -0.05) is 37.8 Å². The van der Waals surface area contributed by atoms with Crippen LogP contribution in [0.2, 0.25) is 0 Å². The molecule has 4 nitrogen and oxygen atoms in total. The highest BCUT2D eigenvalue weighted by atomic mass is 19.1. The molecule has 0 radical (unpaired) electrons. The maximum atomic E-state index is 13.3. The minimum absolute atomic E-state index is 0.236. The quantitative estimate of drug-likeness (QED) is 0.741. The standard InChI is InChI=1S/C20H26FN3O/c1-14(15(2)9-10-22-4)5-6-16(3)23-20(25)24-12-17-7-8-19(21)11-18(17)13-24/h5-8,11,15,22H,1,3,9-10,12-13H2,2,4H3,(H,23,25)/b6-5-. The molecule has 0 fully saturated rings. The Hall–Kier alpha value is -2.40. The Morgan fingerprint density at radius 1 is 1.32 bits per heavy atom. The lowest BCUT2D eigenvalue weighted by Gasteiger charge is -2.16. The predicted molar refractivity (Wildman–Crippen MR) is 99.3 cm³/mol. The maximum Gasteiger partial charge on any atom is 0.322 e. The van der Waals surface area contributed by atoms with E-state index in [1.54, 1.807) is 17.0 Å². The summed E-state index contributed by atoms with van der Waals surface area (Å²) in [5.74, 6) is 0.0782. The highest BCUT2D eigenvalue weighted by molar-refractivity contribution is 5.77. The molecule has 2 rings (SSSR count). The second-order valence-electron chi connectivity index (χ2n) is 6.43. The minimum Gasteiger partial charge on any atom is -0.320 e. The molecule has 1 aliphatic heterocycles. The molecule has 0 spiro atoms. The van der Waals surface area contributed by atoms with Crippen LogP contribution in [0.5, 0.6) is 0 Å². The molecule has 0 bridgehead atoms. The maximum absolute atomic E-state index is 13.3. The van der Waals surface area contributed by atoms with E-state index in [0.29, 0.717) is 24.7 Å². The minimum atomic E-state index is -0.278. The van der Waals surface area contributed by atoms with Gasteiger partial charge in [0.2, 0.25) is 0 Å². The van der Waals surface area contributed by atoms with Crippen LogP contribution in [-0.2, 0) is 13.1 Å². The monoisotopic (exact) mass is 343 g/mol. The number of carbonyl (C=O) groups excluding carboxylic acids is 1. The van der Waals surface area contributed by atoms with Gasteiger partial charge in [-0.3, -0.25) is 0 Å². The zero-order valence-electron chi connectivity index (χ0n) is 14.9. The molecule has 0 saturated heterocycles. The zero-order chi connectivity index (χ0) is 18.4. The van der Waals surface area contributed by atoms with Crippen molar-refractivity contribution >= 4 is 6.03 Å². The van der Waals surface area contributed by atoms with Crippen LogP contribution in [0.25, 0.3) is 0 Å². The van der Waals surface area contributed by atoms with Crippen LogP contribution >= 0.6 is 0 Å². The molecular formula is C20H26FN3O. The van der Waals surface area contributed by atoms with E-state index in [0.717, 1.165) is 29.7 Å². The molecule has 2 N–H and O–H groups in total. The Balaban J connectivity index is 1.84. The van der Waals surface area contributed by atoms with Crippen LogP contribution in [0, 0.1) is 11.7 Å². The van der Waals surface area contributed by atoms with Gasteiger partial charge in [-0.05, 0) is 55.3 Å². The van der Waals surface area contributed by atoms with E-state index in [-0.39, 0.29) is 11.8 Å². The van der Waals surface area contributed by atoms with E-state index in [1.165, 1.54) is 12.1 Å². The van der Waals surface area contributed by atoms with Gasteiger partial charge in [-0.15, -0.1) is 0 Å². The fraction of sp³-hybridized carbons (Fsp3) is 0.350.